The van der Waals surface area contributed by atoms with E-state index in [1.54, 1.807) is 37.4 Å². The minimum Gasteiger partial charge on any atom is -0.490 e. The van der Waals surface area contributed by atoms with E-state index in [0.717, 1.165) is 5.69 Å². The molecule has 1 amide bonds. The van der Waals surface area contributed by atoms with Gasteiger partial charge in [0.05, 0.1) is 11.1 Å². The van der Waals surface area contributed by atoms with E-state index < -0.39 is 5.54 Å². The molecule has 1 aromatic heterocycles. The second kappa shape index (κ2) is 8.20. The van der Waals surface area contributed by atoms with Crippen LogP contribution < -0.4 is 15.8 Å². The average Bonchev–Trinajstić information content (AvgIpc) is 2.59. The molecule has 27 heavy (non-hydrogen) atoms. The summed E-state index contributed by atoms with van der Waals surface area (Å²) in [6.45, 7) is 9.76. The summed E-state index contributed by atoms with van der Waals surface area (Å²) in [5.41, 5.74) is 8.21. The number of pyridine rings is 1. The molecule has 144 valence electrons. The van der Waals surface area contributed by atoms with Crippen molar-refractivity contribution in [2.75, 3.05) is 12.3 Å². The SMILES string of the molecule is CC(=N)c1c(N)cccc1OCC(C)(C)NC(=O)c1ccnc(C(C)C)c1. The number of amides is 1. The van der Waals surface area contributed by atoms with Crippen LogP contribution in [-0.4, -0.2) is 28.7 Å². The Labute approximate surface area is 160 Å². The number of nitrogen functional groups attached to an aromatic ring is 1. The third-order valence-corrected chi connectivity index (χ3v) is 4.11. The van der Waals surface area contributed by atoms with Gasteiger partial charge in [0.15, 0.2) is 0 Å². The maximum atomic E-state index is 12.6. The summed E-state index contributed by atoms with van der Waals surface area (Å²) in [5.74, 6) is 0.611. The second-order valence-corrected chi connectivity index (χ2v) is 7.60. The van der Waals surface area contributed by atoms with Crippen molar-refractivity contribution in [1.82, 2.24) is 10.3 Å². The number of ether oxygens (including phenoxy) is 1. The third kappa shape index (κ3) is 5.29. The highest BCUT2D eigenvalue weighted by Crippen LogP contribution is 2.25. The maximum absolute atomic E-state index is 12.6. The van der Waals surface area contributed by atoms with Crippen molar-refractivity contribution in [3.63, 3.8) is 0 Å². The number of nitrogens with two attached hydrogens (primary N) is 1. The van der Waals surface area contributed by atoms with E-state index in [0.29, 0.717) is 28.3 Å². The molecule has 4 N–H and O–H groups in total. The molecule has 0 atom stereocenters. The summed E-state index contributed by atoms with van der Waals surface area (Å²) >= 11 is 0. The molecule has 0 saturated carbocycles. The molecule has 6 heteroatoms. The topological polar surface area (TPSA) is 101 Å². The van der Waals surface area contributed by atoms with E-state index in [-0.39, 0.29) is 18.4 Å². The monoisotopic (exact) mass is 368 g/mol. The van der Waals surface area contributed by atoms with Crippen LogP contribution in [0.4, 0.5) is 5.69 Å². The van der Waals surface area contributed by atoms with Crippen molar-refractivity contribution >= 4 is 17.3 Å². The molecule has 0 aliphatic heterocycles. The zero-order valence-corrected chi connectivity index (χ0v) is 16.6. The van der Waals surface area contributed by atoms with Gasteiger partial charge in [0.25, 0.3) is 5.91 Å². The fraction of sp³-hybridized carbons (Fsp3) is 0.381. The van der Waals surface area contributed by atoms with E-state index in [1.807, 2.05) is 33.8 Å². The summed E-state index contributed by atoms with van der Waals surface area (Å²) in [5, 5.41) is 10.9. The summed E-state index contributed by atoms with van der Waals surface area (Å²) in [4.78, 5) is 16.9. The lowest BCUT2D eigenvalue weighted by Gasteiger charge is -2.27. The van der Waals surface area contributed by atoms with Gasteiger partial charge in [-0.15, -0.1) is 0 Å². The van der Waals surface area contributed by atoms with Gasteiger partial charge < -0.3 is 21.2 Å². The fourth-order valence-electron chi connectivity index (χ4n) is 2.65. The van der Waals surface area contributed by atoms with Gasteiger partial charge in [0, 0.05) is 28.9 Å². The third-order valence-electron chi connectivity index (χ3n) is 4.11. The Morgan fingerprint density at radius 2 is 2.04 bits per heavy atom. The van der Waals surface area contributed by atoms with Crippen LogP contribution >= 0.6 is 0 Å². The Kier molecular flexibility index (Phi) is 6.20. The van der Waals surface area contributed by atoms with E-state index >= 15 is 0 Å². The van der Waals surface area contributed by atoms with Crippen LogP contribution in [0.1, 0.15) is 62.2 Å². The summed E-state index contributed by atoms with van der Waals surface area (Å²) in [7, 11) is 0. The zero-order valence-electron chi connectivity index (χ0n) is 16.6. The summed E-state index contributed by atoms with van der Waals surface area (Å²) < 4.78 is 5.89. The molecule has 0 radical (unpaired) electrons. The molecule has 0 aliphatic rings. The molecule has 0 fully saturated rings. The number of carbonyl (C=O) groups excluding carboxylic acids is 1. The van der Waals surface area contributed by atoms with Crippen molar-refractivity contribution < 1.29 is 9.53 Å². The molecule has 2 rings (SSSR count). The standard InChI is InChI=1S/C21H28N4O2/c1-13(2)17-11-15(9-10-24-17)20(26)25-21(4,5)12-27-18-8-6-7-16(23)19(18)14(3)22/h6-11,13,22H,12,23H2,1-5H3,(H,25,26). The first-order valence-electron chi connectivity index (χ1n) is 8.96. The molecule has 0 spiro atoms. The number of hydrogen-bond acceptors (Lipinski definition) is 5. The van der Waals surface area contributed by atoms with Gasteiger partial charge in [-0.05, 0) is 51.0 Å². The molecule has 0 bridgehead atoms. The van der Waals surface area contributed by atoms with Crippen LogP contribution in [0.15, 0.2) is 36.5 Å². The van der Waals surface area contributed by atoms with E-state index in [2.05, 4.69) is 10.3 Å². The van der Waals surface area contributed by atoms with Gasteiger partial charge in [0.1, 0.15) is 12.4 Å². The predicted molar refractivity (Wildman–Crippen MR) is 109 cm³/mol. The van der Waals surface area contributed by atoms with Gasteiger partial charge in [-0.3, -0.25) is 9.78 Å². The number of aromatic nitrogens is 1. The lowest BCUT2D eigenvalue weighted by Crippen LogP contribution is -2.48. The molecule has 0 unspecified atom stereocenters. The Morgan fingerprint density at radius 3 is 2.67 bits per heavy atom. The predicted octanol–water partition coefficient (Wildman–Crippen LogP) is 3.76. The van der Waals surface area contributed by atoms with Crippen molar-refractivity contribution in [1.29, 1.82) is 5.41 Å². The Bertz CT molecular complexity index is 844. The largest absolute Gasteiger partial charge is 0.490 e. The van der Waals surface area contributed by atoms with Crippen molar-refractivity contribution in [3.8, 4) is 5.75 Å². The normalized spacial score (nSPS) is 11.3. The molecule has 2 aromatic rings. The minimum atomic E-state index is -0.615. The number of benzene rings is 1. The molecular weight excluding hydrogens is 340 g/mol. The van der Waals surface area contributed by atoms with Crippen molar-refractivity contribution in [3.05, 3.63) is 53.3 Å². The number of nitrogens with zero attached hydrogens (tertiary/aromatic N) is 1. The van der Waals surface area contributed by atoms with Crippen LogP contribution in [0.5, 0.6) is 5.75 Å². The minimum absolute atomic E-state index is 0.177. The van der Waals surface area contributed by atoms with Crippen LogP contribution in [0.25, 0.3) is 0 Å². The maximum Gasteiger partial charge on any atom is 0.251 e. The van der Waals surface area contributed by atoms with E-state index in [1.165, 1.54) is 0 Å². The van der Waals surface area contributed by atoms with Crippen molar-refractivity contribution in [2.24, 2.45) is 0 Å². The van der Waals surface area contributed by atoms with Gasteiger partial charge in [-0.2, -0.15) is 0 Å². The van der Waals surface area contributed by atoms with Crippen molar-refractivity contribution in [2.45, 2.75) is 46.1 Å². The highest BCUT2D eigenvalue weighted by atomic mass is 16.5. The smallest absolute Gasteiger partial charge is 0.251 e. The van der Waals surface area contributed by atoms with Crippen LogP contribution in [0.2, 0.25) is 0 Å². The first-order valence-corrected chi connectivity index (χ1v) is 8.96. The summed E-state index contributed by atoms with van der Waals surface area (Å²) in [6.07, 6.45) is 1.65. The lowest BCUT2D eigenvalue weighted by molar-refractivity contribution is 0.0880. The quantitative estimate of drug-likeness (QED) is 0.511. The van der Waals surface area contributed by atoms with Gasteiger partial charge in [0.2, 0.25) is 0 Å². The van der Waals surface area contributed by atoms with Crippen LogP contribution in [0.3, 0.4) is 0 Å². The highest BCUT2D eigenvalue weighted by Gasteiger charge is 2.23. The van der Waals surface area contributed by atoms with Gasteiger partial charge in [-0.1, -0.05) is 19.9 Å². The number of hydrogen-bond donors (Lipinski definition) is 3. The Morgan fingerprint density at radius 1 is 1.33 bits per heavy atom. The average molecular weight is 368 g/mol. The number of carbonyl (C=O) groups is 1. The molecule has 6 nitrogen and oxygen atoms in total. The first kappa shape index (κ1) is 20.4. The molecule has 0 aliphatic carbocycles. The molecule has 1 aromatic carbocycles. The van der Waals surface area contributed by atoms with Gasteiger partial charge >= 0.3 is 0 Å². The second-order valence-electron chi connectivity index (χ2n) is 7.60. The lowest BCUT2D eigenvalue weighted by atomic mass is 10.0. The number of anilines is 1. The number of nitrogens with one attached hydrogen (secondary N) is 2. The fourth-order valence-corrected chi connectivity index (χ4v) is 2.65. The molecule has 0 saturated heterocycles. The number of rotatable bonds is 7. The Hall–Kier alpha value is -2.89. The zero-order chi connectivity index (χ0) is 20.2. The Balaban J connectivity index is 2.09. The van der Waals surface area contributed by atoms with Gasteiger partial charge in [-0.25, -0.2) is 0 Å². The summed E-state index contributed by atoms with van der Waals surface area (Å²) in [6, 6.07) is 8.81. The first-order chi connectivity index (χ1) is 12.6. The highest BCUT2D eigenvalue weighted by molar-refractivity contribution is 6.03. The van der Waals surface area contributed by atoms with E-state index in [9.17, 15) is 4.79 Å². The van der Waals surface area contributed by atoms with E-state index in [4.69, 9.17) is 15.9 Å². The molecular formula is C21H28N4O2. The van der Waals surface area contributed by atoms with Crippen LogP contribution in [0, 0.1) is 5.41 Å². The molecule has 1 heterocycles. The van der Waals surface area contributed by atoms with Crippen LogP contribution in [-0.2, 0) is 0 Å².